The van der Waals surface area contributed by atoms with Gasteiger partial charge in [-0.1, -0.05) is 34.5 Å². The second kappa shape index (κ2) is 10.1. The maximum Gasteiger partial charge on any atom is 0.163 e. The van der Waals surface area contributed by atoms with Crippen LogP contribution in [0.15, 0.2) is 58.2 Å². The number of aliphatic hydroxyl groups excluding tert-OH is 2. The fourth-order valence-electron chi connectivity index (χ4n) is 3.92. The number of allylic oxidation sites excluding steroid dienone is 1. The summed E-state index contributed by atoms with van der Waals surface area (Å²) >= 11 is 3.41. The zero-order valence-corrected chi connectivity index (χ0v) is 19.6. The molecule has 6 nitrogen and oxygen atoms in total. The fourth-order valence-corrected chi connectivity index (χ4v) is 6.29. The molecule has 1 aliphatic rings. The fraction of sp³-hybridized carbons (Fsp3) is 0.348. The van der Waals surface area contributed by atoms with Gasteiger partial charge in [-0.3, -0.25) is 4.98 Å². The van der Waals surface area contributed by atoms with Crippen molar-refractivity contribution in [2.24, 2.45) is 0 Å². The van der Waals surface area contributed by atoms with Crippen LogP contribution in [-0.4, -0.2) is 52.4 Å². The standard InChI is InChI=1S/C23H26BrNO5S/c1-2-15-14-31(29,30)22(13-26)23(15)21(28)8-6-16(19-5-3-4-10-25-19)11-17-12-18(24)7-9-20(17)27/h3-5,7,9-12,21-22,26-28H,2,6,8,13-14H2,1H3/b16-11-/t21-,22+/m1/s1. The predicted molar refractivity (Wildman–Crippen MR) is 125 cm³/mol. The number of phenolic OH excluding ortho intramolecular Hbond substituents is 1. The van der Waals surface area contributed by atoms with Gasteiger partial charge < -0.3 is 15.3 Å². The molecule has 0 saturated carbocycles. The van der Waals surface area contributed by atoms with Crippen LogP contribution in [0.4, 0.5) is 0 Å². The van der Waals surface area contributed by atoms with Crippen molar-refractivity contribution in [3.05, 3.63) is 69.5 Å². The van der Waals surface area contributed by atoms with Gasteiger partial charge >= 0.3 is 0 Å². The summed E-state index contributed by atoms with van der Waals surface area (Å²) in [6.07, 6.45) is 3.68. The van der Waals surface area contributed by atoms with E-state index in [1.165, 1.54) is 0 Å². The van der Waals surface area contributed by atoms with Crippen molar-refractivity contribution < 1.29 is 23.7 Å². The van der Waals surface area contributed by atoms with Crippen LogP contribution in [0.5, 0.6) is 5.75 Å². The number of phenols is 1. The lowest BCUT2D eigenvalue weighted by molar-refractivity contribution is 0.190. The number of aliphatic hydroxyl groups is 2. The molecule has 0 unspecified atom stereocenters. The van der Waals surface area contributed by atoms with Crippen LogP contribution in [0.1, 0.15) is 37.4 Å². The molecule has 0 bridgehead atoms. The molecule has 0 fully saturated rings. The topological polar surface area (TPSA) is 108 Å². The number of halogens is 1. The van der Waals surface area contributed by atoms with Gasteiger partial charge in [0, 0.05) is 16.2 Å². The highest BCUT2D eigenvalue weighted by Crippen LogP contribution is 2.35. The number of hydrogen-bond donors (Lipinski definition) is 3. The number of aromatic hydroxyl groups is 1. The van der Waals surface area contributed by atoms with Crippen molar-refractivity contribution in [3.8, 4) is 5.75 Å². The van der Waals surface area contributed by atoms with Crippen LogP contribution in [-0.2, 0) is 9.84 Å². The molecule has 0 saturated heterocycles. The van der Waals surface area contributed by atoms with Gasteiger partial charge in [-0.15, -0.1) is 0 Å². The van der Waals surface area contributed by atoms with E-state index >= 15 is 0 Å². The largest absolute Gasteiger partial charge is 0.507 e. The van der Waals surface area contributed by atoms with Crippen LogP contribution < -0.4 is 0 Å². The van der Waals surface area contributed by atoms with Crippen molar-refractivity contribution in [3.63, 3.8) is 0 Å². The molecule has 31 heavy (non-hydrogen) atoms. The van der Waals surface area contributed by atoms with Crippen molar-refractivity contribution in [2.45, 2.75) is 37.5 Å². The second-order valence-corrected chi connectivity index (χ2v) is 10.6. The number of benzene rings is 1. The zero-order valence-electron chi connectivity index (χ0n) is 17.2. The van der Waals surface area contributed by atoms with E-state index in [0.717, 1.165) is 10.0 Å². The second-order valence-electron chi connectivity index (χ2n) is 7.53. The first kappa shape index (κ1) is 23.7. The summed E-state index contributed by atoms with van der Waals surface area (Å²) in [5, 5.41) is 29.8. The highest BCUT2D eigenvalue weighted by Gasteiger charge is 2.40. The van der Waals surface area contributed by atoms with E-state index in [0.29, 0.717) is 35.2 Å². The summed E-state index contributed by atoms with van der Waals surface area (Å²) in [7, 11) is -3.49. The maximum atomic E-state index is 12.4. The van der Waals surface area contributed by atoms with E-state index in [2.05, 4.69) is 20.9 Å². The Hall–Kier alpha value is -2.00. The first-order chi connectivity index (χ1) is 14.8. The highest BCUT2D eigenvalue weighted by molar-refractivity contribution is 9.10. The summed E-state index contributed by atoms with van der Waals surface area (Å²) in [5.41, 5.74) is 3.22. The molecule has 0 aliphatic carbocycles. The first-order valence-electron chi connectivity index (χ1n) is 10.1. The summed E-state index contributed by atoms with van der Waals surface area (Å²) in [5.74, 6) is 0.00562. The Morgan fingerprint density at radius 3 is 2.74 bits per heavy atom. The first-order valence-corrected chi connectivity index (χ1v) is 12.6. The Bertz CT molecular complexity index is 1100. The molecule has 0 amide bonds. The van der Waals surface area contributed by atoms with E-state index in [4.69, 9.17) is 0 Å². The molecule has 3 N–H and O–H groups in total. The lowest BCUT2D eigenvalue weighted by atomic mass is 9.93. The van der Waals surface area contributed by atoms with E-state index in [-0.39, 0.29) is 17.9 Å². The van der Waals surface area contributed by atoms with Crippen LogP contribution in [0, 0.1) is 0 Å². The molecule has 3 rings (SSSR count). The normalized spacial score (nSPS) is 19.6. The van der Waals surface area contributed by atoms with Gasteiger partial charge in [0.1, 0.15) is 11.0 Å². The van der Waals surface area contributed by atoms with Crippen molar-refractivity contribution in [2.75, 3.05) is 12.4 Å². The quantitative estimate of drug-likeness (QED) is 0.469. The van der Waals surface area contributed by atoms with Gasteiger partial charge in [0.2, 0.25) is 0 Å². The van der Waals surface area contributed by atoms with Crippen molar-refractivity contribution in [1.82, 2.24) is 4.98 Å². The van der Waals surface area contributed by atoms with E-state index in [1.54, 1.807) is 30.5 Å². The van der Waals surface area contributed by atoms with E-state index in [1.807, 2.05) is 25.1 Å². The summed E-state index contributed by atoms with van der Waals surface area (Å²) in [4.78, 5) is 4.40. The van der Waals surface area contributed by atoms with Crippen LogP contribution in [0.2, 0.25) is 0 Å². The van der Waals surface area contributed by atoms with Gasteiger partial charge in [-0.2, -0.15) is 0 Å². The zero-order chi connectivity index (χ0) is 22.6. The lowest BCUT2D eigenvalue weighted by Gasteiger charge is -2.19. The number of aromatic nitrogens is 1. The minimum Gasteiger partial charge on any atom is -0.507 e. The molecule has 2 heterocycles. The van der Waals surface area contributed by atoms with Gasteiger partial charge in [0.25, 0.3) is 0 Å². The van der Waals surface area contributed by atoms with Crippen LogP contribution in [0.25, 0.3) is 11.6 Å². The number of nitrogens with zero attached hydrogens (tertiary/aromatic N) is 1. The Labute approximate surface area is 191 Å². The average molecular weight is 508 g/mol. The van der Waals surface area contributed by atoms with Crippen LogP contribution >= 0.6 is 15.9 Å². The number of sulfone groups is 1. The number of hydrogen-bond acceptors (Lipinski definition) is 6. The average Bonchev–Trinajstić information content (AvgIpc) is 3.03. The summed E-state index contributed by atoms with van der Waals surface area (Å²) in [6, 6.07) is 10.6. The van der Waals surface area contributed by atoms with Gasteiger partial charge in [-0.05, 0) is 66.8 Å². The molecule has 8 heteroatoms. The Kier molecular flexibility index (Phi) is 7.69. The number of pyridine rings is 1. The van der Waals surface area contributed by atoms with Crippen molar-refractivity contribution >= 4 is 37.4 Å². The molecule has 1 aliphatic heterocycles. The van der Waals surface area contributed by atoms with Gasteiger partial charge in [0.15, 0.2) is 9.84 Å². The Balaban J connectivity index is 1.91. The van der Waals surface area contributed by atoms with E-state index < -0.39 is 27.8 Å². The molecular formula is C23H26BrNO5S. The molecule has 1 aromatic heterocycles. The smallest absolute Gasteiger partial charge is 0.163 e. The van der Waals surface area contributed by atoms with Gasteiger partial charge in [-0.25, -0.2) is 8.42 Å². The molecule has 1 aromatic carbocycles. The van der Waals surface area contributed by atoms with Crippen LogP contribution in [0.3, 0.4) is 0 Å². The summed E-state index contributed by atoms with van der Waals surface area (Å²) in [6.45, 7) is 1.32. The minimum atomic E-state index is -3.49. The highest BCUT2D eigenvalue weighted by atomic mass is 79.9. The Morgan fingerprint density at radius 2 is 2.10 bits per heavy atom. The van der Waals surface area contributed by atoms with Gasteiger partial charge in [0.05, 0.1) is 24.2 Å². The molecular weight excluding hydrogens is 482 g/mol. The SMILES string of the molecule is CCC1=C([C@H](O)CC/C(=C/c2cc(Br)ccc2O)c2ccccn2)[C@H](CO)S(=O)(=O)C1. The minimum absolute atomic E-state index is 0.115. The molecule has 2 atom stereocenters. The number of rotatable bonds is 8. The third-order valence-corrected chi connectivity index (χ3v) is 8.03. The van der Waals surface area contributed by atoms with Crippen molar-refractivity contribution in [1.29, 1.82) is 0 Å². The third-order valence-electron chi connectivity index (χ3n) is 5.52. The molecule has 2 aromatic rings. The lowest BCUT2D eigenvalue weighted by Crippen LogP contribution is -2.29. The Morgan fingerprint density at radius 1 is 1.32 bits per heavy atom. The molecule has 166 valence electrons. The monoisotopic (exact) mass is 507 g/mol. The summed E-state index contributed by atoms with van der Waals surface area (Å²) < 4.78 is 25.6. The van der Waals surface area contributed by atoms with E-state index in [9.17, 15) is 23.7 Å². The maximum absolute atomic E-state index is 12.4. The third kappa shape index (κ3) is 5.44. The molecule has 0 radical (unpaired) electrons. The predicted octanol–water partition coefficient (Wildman–Crippen LogP) is 3.73. The molecule has 0 spiro atoms.